The van der Waals surface area contributed by atoms with Gasteiger partial charge in [0, 0.05) is 18.6 Å². The molecule has 0 aromatic heterocycles. The van der Waals surface area contributed by atoms with Crippen molar-refractivity contribution in [3.63, 3.8) is 0 Å². The van der Waals surface area contributed by atoms with Gasteiger partial charge in [-0.3, -0.25) is 4.90 Å². The maximum atomic E-state index is 3.65. The zero-order valence-corrected chi connectivity index (χ0v) is 10.7. The number of hydrogen-bond donors (Lipinski definition) is 1. The van der Waals surface area contributed by atoms with E-state index in [1.54, 1.807) is 0 Å². The minimum Gasteiger partial charge on any atom is -0.313 e. The zero-order valence-electron chi connectivity index (χ0n) is 9.87. The molecule has 0 aromatic rings. The Hall–Kier alpha value is 0.270. The monoisotopic (exact) mass is 228 g/mol. The average molecular weight is 228 g/mol. The fourth-order valence-corrected chi connectivity index (χ4v) is 3.76. The zero-order chi connectivity index (χ0) is 10.5. The van der Waals surface area contributed by atoms with Crippen molar-refractivity contribution >= 4 is 11.8 Å². The van der Waals surface area contributed by atoms with Crippen LogP contribution in [-0.2, 0) is 0 Å². The normalized spacial score (nSPS) is 31.4. The molecule has 1 unspecified atom stereocenters. The van der Waals surface area contributed by atoms with Crippen LogP contribution in [0.25, 0.3) is 0 Å². The van der Waals surface area contributed by atoms with Crippen LogP contribution in [0.15, 0.2) is 0 Å². The smallest absolute Gasteiger partial charge is 0.0192 e. The molecule has 1 atom stereocenters. The largest absolute Gasteiger partial charge is 0.313 e. The lowest BCUT2D eigenvalue weighted by Gasteiger charge is -2.34. The first-order chi connectivity index (χ1) is 7.40. The van der Waals surface area contributed by atoms with E-state index in [1.807, 2.05) is 0 Å². The molecule has 2 rings (SSSR count). The van der Waals surface area contributed by atoms with Crippen LogP contribution in [0.4, 0.5) is 0 Å². The van der Waals surface area contributed by atoms with Gasteiger partial charge >= 0.3 is 0 Å². The molecule has 1 N–H and O–H groups in total. The molecular formula is C12H24N2S. The molecule has 3 heteroatoms. The Bertz CT molecular complexity index is 180. The Morgan fingerprint density at radius 3 is 2.87 bits per heavy atom. The Morgan fingerprint density at radius 1 is 1.33 bits per heavy atom. The summed E-state index contributed by atoms with van der Waals surface area (Å²) < 4.78 is 0. The summed E-state index contributed by atoms with van der Waals surface area (Å²) in [4.78, 5) is 2.76. The van der Waals surface area contributed by atoms with Gasteiger partial charge in [0.15, 0.2) is 0 Å². The maximum absolute atomic E-state index is 3.65. The lowest BCUT2D eigenvalue weighted by molar-refractivity contribution is 0.181. The molecule has 2 aliphatic heterocycles. The molecule has 2 aliphatic rings. The number of thioether (sulfide) groups is 1. The van der Waals surface area contributed by atoms with Crippen LogP contribution in [0, 0.1) is 0 Å². The van der Waals surface area contributed by atoms with Gasteiger partial charge in [-0.1, -0.05) is 6.92 Å². The van der Waals surface area contributed by atoms with Gasteiger partial charge in [0.1, 0.15) is 0 Å². The second-order valence-corrected chi connectivity index (χ2v) is 5.98. The third-order valence-electron chi connectivity index (χ3n) is 3.71. The number of nitrogens with one attached hydrogen (secondary N) is 1. The summed E-state index contributed by atoms with van der Waals surface area (Å²) in [6.45, 7) is 6.12. The van der Waals surface area contributed by atoms with E-state index < -0.39 is 0 Å². The molecular weight excluding hydrogens is 204 g/mol. The van der Waals surface area contributed by atoms with Gasteiger partial charge in [-0.15, -0.1) is 0 Å². The van der Waals surface area contributed by atoms with E-state index in [2.05, 4.69) is 28.9 Å². The van der Waals surface area contributed by atoms with Crippen molar-refractivity contribution in [2.75, 3.05) is 31.1 Å². The molecule has 2 fully saturated rings. The summed E-state index contributed by atoms with van der Waals surface area (Å²) in [5, 5.41) is 3.65. The van der Waals surface area contributed by atoms with Crippen LogP contribution in [-0.4, -0.2) is 48.1 Å². The summed E-state index contributed by atoms with van der Waals surface area (Å²) in [5.74, 6) is 2.76. The second kappa shape index (κ2) is 6.12. The van der Waals surface area contributed by atoms with E-state index in [9.17, 15) is 0 Å². The van der Waals surface area contributed by atoms with E-state index in [-0.39, 0.29) is 0 Å². The third-order valence-corrected chi connectivity index (χ3v) is 4.76. The van der Waals surface area contributed by atoms with Gasteiger partial charge in [-0.2, -0.15) is 11.8 Å². The summed E-state index contributed by atoms with van der Waals surface area (Å²) in [6.07, 6.45) is 5.44. The van der Waals surface area contributed by atoms with E-state index >= 15 is 0 Å². The SMILES string of the molecule is CCC1CN(C2CCSCC2)CCCN1. The molecule has 2 saturated heterocycles. The van der Waals surface area contributed by atoms with Gasteiger partial charge in [-0.25, -0.2) is 0 Å². The topological polar surface area (TPSA) is 15.3 Å². The van der Waals surface area contributed by atoms with Gasteiger partial charge < -0.3 is 5.32 Å². The fourth-order valence-electron chi connectivity index (χ4n) is 2.68. The highest BCUT2D eigenvalue weighted by Gasteiger charge is 2.24. The van der Waals surface area contributed by atoms with E-state index in [0.717, 1.165) is 12.1 Å². The van der Waals surface area contributed by atoms with Crippen molar-refractivity contribution in [3.8, 4) is 0 Å². The molecule has 0 saturated carbocycles. The van der Waals surface area contributed by atoms with E-state index in [0.29, 0.717) is 0 Å². The number of rotatable bonds is 2. The summed E-state index contributed by atoms with van der Waals surface area (Å²) in [6, 6.07) is 1.63. The van der Waals surface area contributed by atoms with E-state index in [1.165, 1.54) is 56.8 Å². The predicted octanol–water partition coefficient (Wildman–Crippen LogP) is 1.96. The van der Waals surface area contributed by atoms with Crippen molar-refractivity contribution in [1.29, 1.82) is 0 Å². The van der Waals surface area contributed by atoms with Crippen LogP contribution in [0.2, 0.25) is 0 Å². The molecule has 0 aliphatic carbocycles. The Kier molecular flexibility index (Phi) is 4.79. The minimum atomic E-state index is 0.738. The Labute approximate surface area is 98.2 Å². The first-order valence-corrected chi connectivity index (χ1v) is 7.61. The lowest BCUT2D eigenvalue weighted by Crippen LogP contribution is -2.43. The molecule has 0 aromatic carbocycles. The number of nitrogens with zero attached hydrogens (tertiary/aromatic N) is 1. The van der Waals surface area contributed by atoms with Gasteiger partial charge in [0.05, 0.1) is 0 Å². The summed E-state index contributed by atoms with van der Waals surface area (Å²) >= 11 is 2.13. The average Bonchev–Trinajstić information content (AvgIpc) is 2.55. The highest BCUT2D eigenvalue weighted by Crippen LogP contribution is 2.22. The summed E-state index contributed by atoms with van der Waals surface area (Å²) in [5.41, 5.74) is 0. The number of hydrogen-bond acceptors (Lipinski definition) is 3. The molecule has 0 bridgehead atoms. The standard InChI is InChI=1S/C12H24N2S/c1-2-11-10-14(7-3-6-13-11)12-4-8-15-9-5-12/h11-13H,2-10H2,1H3. The highest BCUT2D eigenvalue weighted by atomic mass is 32.2. The van der Waals surface area contributed by atoms with Crippen LogP contribution < -0.4 is 5.32 Å². The summed E-state index contributed by atoms with van der Waals surface area (Å²) in [7, 11) is 0. The first kappa shape index (κ1) is 11.7. The van der Waals surface area contributed by atoms with Crippen LogP contribution >= 0.6 is 11.8 Å². The molecule has 0 radical (unpaired) electrons. The lowest BCUT2D eigenvalue weighted by atomic mass is 10.1. The molecule has 0 amide bonds. The van der Waals surface area contributed by atoms with Crippen LogP contribution in [0.3, 0.4) is 0 Å². The third kappa shape index (κ3) is 3.36. The van der Waals surface area contributed by atoms with Gasteiger partial charge in [-0.05, 0) is 50.3 Å². The van der Waals surface area contributed by atoms with Crippen molar-refractivity contribution in [2.24, 2.45) is 0 Å². The van der Waals surface area contributed by atoms with Crippen LogP contribution in [0.5, 0.6) is 0 Å². The highest BCUT2D eigenvalue weighted by molar-refractivity contribution is 7.99. The predicted molar refractivity (Wildman–Crippen MR) is 68.6 cm³/mol. The molecule has 2 heterocycles. The van der Waals surface area contributed by atoms with E-state index in [4.69, 9.17) is 0 Å². The molecule has 15 heavy (non-hydrogen) atoms. The second-order valence-electron chi connectivity index (χ2n) is 4.75. The molecule has 0 spiro atoms. The van der Waals surface area contributed by atoms with Gasteiger partial charge in [0.2, 0.25) is 0 Å². The van der Waals surface area contributed by atoms with Crippen molar-refractivity contribution in [2.45, 2.75) is 44.7 Å². The maximum Gasteiger partial charge on any atom is 0.0192 e. The quantitative estimate of drug-likeness (QED) is 0.778. The Morgan fingerprint density at radius 2 is 2.13 bits per heavy atom. The molecule has 88 valence electrons. The Balaban J connectivity index is 1.87. The van der Waals surface area contributed by atoms with Crippen LogP contribution in [0.1, 0.15) is 32.6 Å². The fraction of sp³-hybridized carbons (Fsp3) is 1.00. The van der Waals surface area contributed by atoms with Crippen molar-refractivity contribution in [3.05, 3.63) is 0 Å². The first-order valence-electron chi connectivity index (χ1n) is 6.45. The van der Waals surface area contributed by atoms with Crippen molar-refractivity contribution in [1.82, 2.24) is 10.2 Å². The van der Waals surface area contributed by atoms with Gasteiger partial charge in [0.25, 0.3) is 0 Å². The molecule has 2 nitrogen and oxygen atoms in total. The minimum absolute atomic E-state index is 0.738. The van der Waals surface area contributed by atoms with Crippen molar-refractivity contribution < 1.29 is 0 Å².